The van der Waals surface area contributed by atoms with Crippen molar-refractivity contribution < 1.29 is 9.32 Å². The number of aliphatic hydroxyl groups excluding tert-OH is 1. The van der Waals surface area contributed by atoms with E-state index in [2.05, 4.69) is 22.3 Å². The molecular weight excluding hydrogens is 444 g/mol. The van der Waals surface area contributed by atoms with Crippen LogP contribution in [0.5, 0.6) is 0 Å². The van der Waals surface area contributed by atoms with E-state index in [0.29, 0.717) is 12.2 Å². The summed E-state index contributed by atoms with van der Waals surface area (Å²) in [6.07, 6.45) is 5.54. The van der Waals surface area contributed by atoms with E-state index in [0.717, 1.165) is 66.6 Å². The third kappa shape index (κ3) is 3.93. The Morgan fingerprint density at radius 1 is 1.19 bits per heavy atom. The molecule has 1 aliphatic carbocycles. The number of aromatic nitrogens is 2. The van der Waals surface area contributed by atoms with Crippen LogP contribution < -0.4 is 10.2 Å². The summed E-state index contributed by atoms with van der Waals surface area (Å²) in [5.41, 5.74) is 1.76. The van der Waals surface area contributed by atoms with Crippen LogP contribution in [-0.2, 0) is 17.2 Å². The molecule has 2 aromatic rings. The van der Waals surface area contributed by atoms with Crippen LogP contribution in [-0.4, -0.2) is 49.3 Å². The number of fused-ring (bicyclic) bond motifs is 1. The Morgan fingerprint density at radius 3 is 2.47 bits per heavy atom. The average Bonchev–Trinajstić information content (AvgIpc) is 2.99. The maximum Gasteiger partial charge on any atom is 0.146 e. The van der Waals surface area contributed by atoms with Gasteiger partial charge in [-0.2, -0.15) is 0 Å². The first-order chi connectivity index (χ1) is 15.3. The fraction of sp³-hybridized carbons (Fsp3) is 0.583. The van der Waals surface area contributed by atoms with Crippen LogP contribution >= 0.6 is 11.6 Å². The molecule has 0 amide bonds. The first kappa shape index (κ1) is 22.1. The maximum absolute atomic E-state index is 13.2. The van der Waals surface area contributed by atoms with Crippen molar-refractivity contribution in [2.45, 2.75) is 73.5 Å². The Morgan fingerprint density at radius 2 is 1.88 bits per heavy atom. The summed E-state index contributed by atoms with van der Waals surface area (Å²) in [5, 5.41) is 14.3. The molecule has 0 radical (unpaired) electrons. The molecule has 2 N–H and O–H groups in total. The second-order valence-corrected chi connectivity index (χ2v) is 12.6. The largest absolute Gasteiger partial charge is 0.394 e. The fourth-order valence-corrected chi connectivity index (χ4v) is 6.62. The van der Waals surface area contributed by atoms with E-state index >= 15 is 0 Å². The molecule has 1 aromatic heterocycles. The number of rotatable bonds is 5. The van der Waals surface area contributed by atoms with Gasteiger partial charge in [-0.05, 0) is 70.2 Å². The van der Waals surface area contributed by atoms with E-state index in [-0.39, 0.29) is 22.8 Å². The molecule has 172 valence electrons. The number of nitrogens with one attached hydrogen (secondary N) is 1. The van der Waals surface area contributed by atoms with Crippen molar-refractivity contribution in [3.8, 4) is 0 Å². The summed E-state index contributed by atoms with van der Waals surface area (Å²) in [6, 6.07) is 8.01. The second-order valence-electron chi connectivity index (χ2n) is 10.1. The Kier molecular flexibility index (Phi) is 5.71. The van der Waals surface area contributed by atoms with Crippen LogP contribution in [0.3, 0.4) is 0 Å². The van der Waals surface area contributed by atoms with E-state index in [1.807, 2.05) is 26.0 Å². The Labute approximate surface area is 197 Å². The Bertz CT molecular complexity index is 1030. The third-order valence-electron chi connectivity index (χ3n) is 7.28. The van der Waals surface area contributed by atoms with Gasteiger partial charge in [0, 0.05) is 36.1 Å². The minimum atomic E-state index is -1.17. The highest BCUT2D eigenvalue weighted by Gasteiger charge is 2.44. The molecule has 3 heterocycles. The fourth-order valence-electron chi connectivity index (χ4n) is 5.07. The molecule has 0 spiro atoms. The number of halogens is 1. The van der Waals surface area contributed by atoms with Gasteiger partial charge in [-0.3, -0.25) is 4.21 Å². The molecule has 1 unspecified atom stereocenters. The van der Waals surface area contributed by atoms with Crippen molar-refractivity contribution in [1.82, 2.24) is 9.97 Å². The van der Waals surface area contributed by atoms with Gasteiger partial charge in [0.2, 0.25) is 0 Å². The average molecular weight is 475 g/mol. The first-order valence-corrected chi connectivity index (χ1v) is 13.1. The molecular formula is C24H31ClN4O2S. The monoisotopic (exact) mass is 474 g/mol. The molecule has 1 atom stereocenters. The molecule has 32 heavy (non-hydrogen) atoms. The van der Waals surface area contributed by atoms with Gasteiger partial charge in [0.15, 0.2) is 0 Å². The minimum absolute atomic E-state index is 0.0661. The van der Waals surface area contributed by atoms with Crippen molar-refractivity contribution in [3.05, 3.63) is 40.8 Å². The van der Waals surface area contributed by atoms with Gasteiger partial charge in [0.1, 0.15) is 16.5 Å². The summed E-state index contributed by atoms with van der Waals surface area (Å²) >= 11 is 6.04. The Balaban J connectivity index is 1.41. The van der Waals surface area contributed by atoms with Crippen molar-refractivity contribution >= 4 is 33.9 Å². The first-order valence-electron chi connectivity index (χ1n) is 11.5. The van der Waals surface area contributed by atoms with Crippen molar-refractivity contribution in [3.63, 3.8) is 0 Å². The van der Waals surface area contributed by atoms with Crippen molar-refractivity contribution in [2.24, 2.45) is 0 Å². The van der Waals surface area contributed by atoms with Crippen LogP contribution in [0, 0.1) is 0 Å². The van der Waals surface area contributed by atoms with Crippen LogP contribution in [0.15, 0.2) is 29.2 Å². The molecule has 1 aromatic carbocycles. The van der Waals surface area contributed by atoms with Gasteiger partial charge < -0.3 is 15.3 Å². The molecule has 3 aliphatic rings. The van der Waals surface area contributed by atoms with E-state index in [1.54, 1.807) is 0 Å². The summed E-state index contributed by atoms with van der Waals surface area (Å²) in [4.78, 5) is 13.0. The highest BCUT2D eigenvalue weighted by molar-refractivity contribution is 7.87. The molecule has 2 fully saturated rings. The van der Waals surface area contributed by atoms with Crippen molar-refractivity contribution in [1.29, 1.82) is 0 Å². The zero-order valence-corrected chi connectivity index (χ0v) is 20.3. The normalized spacial score (nSPS) is 24.1. The lowest BCUT2D eigenvalue weighted by Gasteiger charge is -2.42. The highest BCUT2D eigenvalue weighted by Crippen LogP contribution is 2.43. The number of aliphatic hydroxyl groups is 1. The van der Waals surface area contributed by atoms with Crippen LogP contribution in [0.25, 0.3) is 0 Å². The number of nitrogens with zero attached hydrogens (tertiary/aromatic N) is 3. The second kappa shape index (κ2) is 8.26. The molecule has 8 heteroatoms. The lowest BCUT2D eigenvalue weighted by molar-refractivity contribution is 0.143. The lowest BCUT2D eigenvalue weighted by Crippen LogP contribution is -2.48. The predicted molar refractivity (Wildman–Crippen MR) is 129 cm³/mol. The van der Waals surface area contributed by atoms with Gasteiger partial charge in [0.25, 0.3) is 0 Å². The van der Waals surface area contributed by atoms with Gasteiger partial charge >= 0.3 is 0 Å². The van der Waals surface area contributed by atoms with E-state index < -0.39 is 10.8 Å². The summed E-state index contributed by atoms with van der Waals surface area (Å²) < 4.78 is 12.9. The number of piperidine rings is 1. The lowest BCUT2D eigenvalue weighted by atomic mass is 9.77. The van der Waals surface area contributed by atoms with E-state index in [9.17, 15) is 9.32 Å². The number of hydrogen-bond acceptors (Lipinski definition) is 6. The summed E-state index contributed by atoms with van der Waals surface area (Å²) in [5.74, 6) is 1.81. The maximum atomic E-state index is 13.2. The SMILES string of the molecule is CC1(C)Cc2nc(C3CCN(c4ccc(Cl)cc4)CC3)nc(NC3(CO)CCC3)c2S1=O. The molecule has 6 nitrogen and oxygen atoms in total. The van der Waals surface area contributed by atoms with E-state index in [1.165, 1.54) is 5.69 Å². The Hall–Kier alpha value is -1.70. The van der Waals surface area contributed by atoms with Gasteiger partial charge in [-0.15, -0.1) is 0 Å². The van der Waals surface area contributed by atoms with Gasteiger partial charge in [0.05, 0.1) is 33.4 Å². The molecule has 0 bridgehead atoms. The van der Waals surface area contributed by atoms with E-state index in [4.69, 9.17) is 21.6 Å². The topological polar surface area (TPSA) is 78.3 Å². The minimum Gasteiger partial charge on any atom is -0.394 e. The molecule has 1 saturated heterocycles. The standard InChI is InChI=1S/C24H31ClN4O2S/c1-23(2)14-19-20(32(23)31)22(28-24(15-30)10-3-11-24)27-21(26-19)16-8-12-29(13-9-16)18-6-4-17(25)5-7-18/h4-7,16,30H,3,8-15H2,1-2H3,(H,26,27,28). The summed E-state index contributed by atoms with van der Waals surface area (Å²) in [6.45, 7) is 6.01. The molecule has 5 rings (SSSR count). The molecule has 1 saturated carbocycles. The zero-order valence-electron chi connectivity index (χ0n) is 18.7. The smallest absolute Gasteiger partial charge is 0.146 e. The number of hydrogen-bond donors (Lipinski definition) is 2. The van der Waals surface area contributed by atoms with Gasteiger partial charge in [-0.1, -0.05) is 11.6 Å². The van der Waals surface area contributed by atoms with Crippen molar-refractivity contribution in [2.75, 3.05) is 29.9 Å². The third-order valence-corrected chi connectivity index (χ3v) is 9.48. The quantitative estimate of drug-likeness (QED) is 0.673. The van der Waals surface area contributed by atoms with Crippen LogP contribution in [0.2, 0.25) is 5.02 Å². The number of anilines is 2. The van der Waals surface area contributed by atoms with Crippen LogP contribution in [0.1, 0.15) is 63.4 Å². The highest BCUT2D eigenvalue weighted by atomic mass is 35.5. The molecule has 2 aliphatic heterocycles. The zero-order chi connectivity index (χ0) is 22.5. The van der Waals surface area contributed by atoms with Crippen LogP contribution in [0.4, 0.5) is 11.5 Å². The van der Waals surface area contributed by atoms with Gasteiger partial charge in [-0.25, -0.2) is 9.97 Å². The summed E-state index contributed by atoms with van der Waals surface area (Å²) in [7, 11) is -1.17. The number of benzene rings is 1. The predicted octanol–water partition coefficient (Wildman–Crippen LogP) is 4.28.